The highest BCUT2D eigenvalue weighted by molar-refractivity contribution is 7.84. The Kier molecular flexibility index (Phi) is 5.00. The Bertz CT molecular complexity index is 950. The van der Waals surface area contributed by atoms with Crippen LogP contribution >= 0.6 is 0 Å². The van der Waals surface area contributed by atoms with Gasteiger partial charge in [-0.25, -0.2) is 0 Å². The first-order valence-corrected chi connectivity index (χ1v) is 12.0. The lowest BCUT2D eigenvalue weighted by Crippen LogP contribution is -2.51. The zero-order chi connectivity index (χ0) is 21.0. The normalized spacial score (nSPS) is 36.1. The van der Waals surface area contributed by atoms with Crippen LogP contribution in [0.2, 0.25) is 0 Å². The third-order valence-corrected chi connectivity index (χ3v) is 9.36. The van der Waals surface area contributed by atoms with Crippen molar-refractivity contribution in [1.82, 2.24) is 4.31 Å². The Hall–Kier alpha value is -1.55. The number of fused-ring (bicyclic) bond motifs is 5. The molecule has 3 aliphatic carbocycles. The van der Waals surface area contributed by atoms with Crippen molar-refractivity contribution in [1.29, 1.82) is 0 Å². The summed E-state index contributed by atoms with van der Waals surface area (Å²) in [6.07, 6.45) is 12.3. The topological polar surface area (TPSA) is 66.8 Å². The zero-order valence-electron chi connectivity index (χ0n) is 17.5. The number of hydrogen-bond acceptors (Lipinski definition) is 4. The Balaban J connectivity index is 1.63. The molecule has 29 heavy (non-hydrogen) atoms. The van der Waals surface area contributed by atoms with Gasteiger partial charge in [-0.1, -0.05) is 18.9 Å². The Morgan fingerprint density at radius 3 is 2.69 bits per heavy atom. The molecule has 6 heteroatoms. The van der Waals surface area contributed by atoms with Crippen molar-refractivity contribution in [3.8, 4) is 18.1 Å². The first kappa shape index (κ1) is 20.7. The molecule has 0 amide bonds. The smallest absolute Gasteiger partial charge is 0.377 e. The van der Waals surface area contributed by atoms with E-state index in [9.17, 15) is 13.5 Å². The molecule has 4 rings (SSSR count). The van der Waals surface area contributed by atoms with Gasteiger partial charge in [0.25, 0.3) is 0 Å². The minimum absolute atomic E-state index is 0.163. The zero-order valence-corrected chi connectivity index (χ0v) is 18.3. The maximum absolute atomic E-state index is 12.0. The van der Waals surface area contributed by atoms with E-state index in [1.807, 2.05) is 12.1 Å². The summed E-state index contributed by atoms with van der Waals surface area (Å²) in [5.74, 6) is 4.56. The molecule has 5 atom stereocenters. The Morgan fingerprint density at radius 1 is 1.28 bits per heavy atom. The molecule has 2 fully saturated rings. The standard InChI is InChI=1S/C23H31NO4S/c1-5-22-13-11-19-18-10-8-17(28-29(26,27)24(3)4)15-16(18)7-9-20(19)21(22)12-14-23(22,25)6-2/h2,8,10,15,19-21,25H,5,7,9,11-14H2,1,3-4H3/t19-,20-,21+,22?,23?/m1/s1. The van der Waals surface area contributed by atoms with Crippen molar-refractivity contribution >= 4 is 10.3 Å². The number of aliphatic hydroxyl groups is 1. The third kappa shape index (κ3) is 3.01. The van der Waals surface area contributed by atoms with Crippen molar-refractivity contribution in [2.24, 2.45) is 17.3 Å². The van der Waals surface area contributed by atoms with Gasteiger partial charge in [0.15, 0.2) is 0 Å². The van der Waals surface area contributed by atoms with Crippen LogP contribution in [0.1, 0.15) is 62.5 Å². The minimum Gasteiger partial charge on any atom is -0.377 e. The molecule has 2 saturated carbocycles. The van der Waals surface area contributed by atoms with E-state index in [-0.39, 0.29) is 5.41 Å². The van der Waals surface area contributed by atoms with Crippen molar-refractivity contribution in [3.63, 3.8) is 0 Å². The maximum atomic E-state index is 12.0. The molecule has 0 heterocycles. The highest BCUT2D eigenvalue weighted by Crippen LogP contribution is 2.65. The highest BCUT2D eigenvalue weighted by Gasteiger charge is 2.62. The summed E-state index contributed by atoms with van der Waals surface area (Å²) in [7, 11) is -0.838. The summed E-state index contributed by atoms with van der Waals surface area (Å²) < 4.78 is 30.4. The SMILES string of the molecule is C#CC1(O)CC[C@H]2[C@@H]3CCc4cc(OS(=O)(=O)N(C)C)ccc4[C@H]3CCC21CC. The molecule has 0 aliphatic heterocycles. The van der Waals surface area contributed by atoms with Crippen LogP contribution in [0.4, 0.5) is 0 Å². The van der Waals surface area contributed by atoms with E-state index in [2.05, 4.69) is 12.8 Å². The average Bonchev–Trinajstić information content (AvgIpc) is 3.01. The lowest BCUT2D eigenvalue weighted by Gasteiger charge is -2.53. The molecule has 0 saturated heterocycles. The summed E-state index contributed by atoms with van der Waals surface area (Å²) in [6.45, 7) is 2.17. The number of nitrogens with zero attached hydrogens (tertiary/aromatic N) is 1. The van der Waals surface area contributed by atoms with Crippen molar-refractivity contribution in [3.05, 3.63) is 29.3 Å². The second-order valence-corrected chi connectivity index (χ2v) is 10.9. The number of rotatable bonds is 4. The molecule has 0 radical (unpaired) electrons. The second-order valence-electron chi connectivity index (χ2n) is 9.19. The fourth-order valence-electron chi connectivity index (χ4n) is 6.59. The van der Waals surface area contributed by atoms with E-state index >= 15 is 0 Å². The summed E-state index contributed by atoms with van der Waals surface area (Å²) in [6, 6.07) is 5.71. The average molecular weight is 418 g/mol. The second kappa shape index (κ2) is 7.01. The Morgan fingerprint density at radius 2 is 2.03 bits per heavy atom. The van der Waals surface area contributed by atoms with E-state index in [4.69, 9.17) is 10.6 Å². The Labute approximate surface area is 174 Å². The summed E-state index contributed by atoms with van der Waals surface area (Å²) in [4.78, 5) is 0. The fourth-order valence-corrected chi connectivity index (χ4v) is 7.08. The number of benzene rings is 1. The van der Waals surface area contributed by atoms with E-state index in [0.29, 0.717) is 29.9 Å². The van der Waals surface area contributed by atoms with Crippen LogP contribution < -0.4 is 4.18 Å². The van der Waals surface area contributed by atoms with E-state index in [0.717, 1.165) is 42.8 Å². The van der Waals surface area contributed by atoms with E-state index in [1.165, 1.54) is 25.2 Å². The molecule has 1 aromatic rings. The molecule has 2 unspecified atom stereocenters. The van der Waals surface area contributed by atoms with Crippen LogP contribution in [-0.2, 0) is 16.7 Å². The van der Waals surface area contributed by atoms with Gasteiger partial charge in [0.05, 0.1) is 0 Å². The minimum atomic E-state index is -3.75. The molecule has 0 spiro atoms. The van der Waals surface area contributed by atoms with Gasteiger partial charge in [0.1, 0.15) is 11.4 Å². The van der Waals surface area contributed by atoms with E-state index in [1.54, 1.807) is 6.07 Å². The van der Waals surface area contributed by atoms with Gasteiger partial charge >= 0.3 is 10.3 Å². The lowest BCUT2D eigenvalue weighted by molar-refractivity contribution is -0.0799. The van der Waals surface area contributed by atoms with Crippen molar-refractivity contribution in [2.75, 3.05) is 14.1 Å². The summed E-state index contributed by atoms with van der Waals surface area (Å²) in [5, 5.41) is 11.2. The quantitative estimate of drug-likeness (QED) is 0.762. The molecule has 158 valence electrons. The van der Waals surface area contributed by atoms with Gasteiger partial charge in [-0.2, -0.15) is 12.7 Å². The molecular formula is C23H31NO4S. The van der Waals surface area contributed by atoms with Crippen LogP contribution in [0.3, 0.4) is 0 Å². The largest absolute Gasteiger partial charge is 0.384 e. The summed E-state index contributed by atoms with van der Waals surface area (Å²) in [5.41, 5.74) is 1.36. The molecule has 0 aromatic heterocycles. The molecule has 0 bridgehead atoms. The third-order valence-electron chi connectivity index (χ3n) is 8.07. The molecule has 3 aliphatic rings. The van der Waals surface area contributed by atoms with Gasteiger partial charge in [0, 0.05) is 19.5 Å². The number of terminal acetylenes is 1. The number of hydrogen-bond donors (Lipinski definition) is 1. The van der Waals surface area contributed by atoms with Crippen molar-refractivity contribution in [2.45, 2.75) is 63.4 Å². The highest BCUT2D eigenvalue weighted by atomic mass is 32.2. The molecule has 5 nitrogen and oxygen atoms in total. The predicted octanol–water partition coefficient (Wildman–Crippen LogP) is 3.48. The van der Waals surface area contributed by atoms with Gasteiger partial charge in [-0.05, 0) is 86.0 Å². The van der Waals surface area contributed by atoms with Gasteiger partial charge in [0.2, 0.25) is 0 Å². The lowest BCUT2D eigenvalue weighted by atomic mass is 9.52. The predicted molar refractivity (Wildman–Crippen MR) is 113 cm³/mol. The molecular weight excluding hydrogens is 386 g/mol. The maximum Gasteiger partial charge on any atom is 0.384 e. The monoisotopic (exact) mass is 417 g/mol. The first-order valence-electron chi connectivity index (χ1n) is 10.6. The molecule has 1 N–H and O–H groups in total. The summed E-state index contributed by atoms with van der Waals surface area (Å²) >= 11 is 0. The fraction of sp³-hybridized carbons (Fsp3) is 0.652. The van der Waals surface area contributed by atoms with Crippen LogP contribution in [0.15, 0.2) is 18.2 Å². The van der Waals surface area contributed by atoms with Crippen LogP contribution in [0.25, 0.3) is 0 Å². The first-order chi connectivity index (χ1) is 13.7. The van der Waals surface area contributed by atoms with Gasteiger partial charge in [-0.3, -0.25) is 0 Å². The van der Waals surface area contributed by atoms with Crippen LogP contribution in [-0.4, -0.2) is 37.5 Å². The van der Waals surface area contributed by atoms with Gasteiger partial charge in [-0.15, -0.1) is 6.42 Å². The van der Waals surface area contributed by atoms with Crippen LogP contribution in [0, 0.1) is 29.6 Å². The van der Waals surface area contributed by atoms with Crippen molar-refractivity contribution < 1.29 is 17.7 Å². The van der Waals surface area contributed by atoms with E-state index < -0.39 is 15.9 Å². The van der Waals surface area contributed by atoms with Gasteiger partial charge < -0.3 is 9.29 Å². The van der Waals surface area contributed by atoms with Crippen LogP contribution in [0.5, 0.6) is 5.75 Å². The molecule has 1 aromatic carbocycles. The number of aryl methyl sites for hydroxylation is 1.